The number of halogens is 4. The van der Waals surface area contributed by atoms with Crippen LogP contribution < -0.4 is 11.1 Å². The van der Waals surface area contributed by atoms with Crippen LogP contribution in [0.1, 0.15) is 5.56 Å². The molecule has 1 heterocycles. The van der Waals surface area contributed by atoms with Crippen LogP contribution in [0.5, 0.6) is 0 Å². The second-order valence-corrected chi connectivity index (χ2v) is 3.65. The summed E-state index contributed by atoms with van der Waals surface area (Å²) in [5.41, 5.74) is 5.76. The van der Waals surface area contributed by atoms with Gasteiger partial charge in [-0.1, -0.05) is 12.2 Å². The first-order valence-electron chi connectivity index (χ1n) is 4.48. The zero-order valence-corrected chi connectivity index (χ0v) is 9.28. The summed E-state index contributed by atoms with van der Waals surface area (Å²) < 4.78 is 48.8. The molecule has 0 aliphatic heterocycles. The molecule has 0 unspecified atom stereocenters. The zero-order valence-electron chi connectivity index (χ0n) is 8.46. The molecule has 1 aromatic heterocycles. The van der Waals surface area contributed by atoms with E-state index in [1.54, 1.807) is 0 Å². The van der Waals surface area contributed by atoms with Crippen LogP contribution in [0, 0.1) is 0 Å². The van der Waals surface area contributed by atoms with Gasteiger partial charge in [0.25, 0.3) is 0 Å². The van der Waals surface area contributed by atoms with Gasteiger partial charge in [0, 0.05) is 11.8 Å². The van der Waals surface area contributed by atoms with Gasteiger partial charge in [-0.25, -0.2) is 13.8 Å². The Bertz CT molecular complexity index is 394. The van der Waals surface area contributed by atoms with E-state index in [0.29, 0.717) is 5.56 Å². The van der Waals surface area contributed by atoms with Gasteiger partial charge in [0.05, 0.1) is 6.54 Å². The van der Waals surface area contributed by atoms with E-state index < -0.39 is 18.9 Å². The maximum atomic E-state index is 12.6. The third kappa shape index (κ3) is 3.81. The molecule has 0 fully saturated rings. The quantitative estimate of drug-likeness (QED) is 0.633. The number of nitrogens with zero attached hydrogens (tertiary/aromatic N) is 1. The van der Waals surface area contributed by atoms with Crippen molar-refractivity contribution in [2.45, 2.75) is 12.3 Å². The van der Waals surface area contributed by atoms with Crippen molar-refractivity contribution >= 4 is 23.0 Å². The molecule has 3 N–H and O–H groups in total. The summed E-state index contributed by atoms with van der Waals surface area (Å²) in [5, 5.41) is 2.11. The van der Waals surface area contributed by atoms with Crippen LogP contribution in [0.4, 0.5) is 23.4 Å². The maximum Gasteiger partial charge on any atom is 0.324 e. The van der Waals surface area contributed by atoms with Gasteiger partial charge in [-0.3, -0.25) is 0 Å². The Morgan fingerprint density at radius 2 is 2.12 bits per heavy atom. The number of rotatable bonds is 5. The molecule has 0 bridgehead atoms. The molecule has 3 nitrogen and oxygen atoms in total. The van der Waals surface area contributed by atoms with Crippen molar-refractivity contribution in [3.8, 4) is 0 Å². The van der Waals surface area contributed by atoms with Crippen molar-refractivity contribution in [2.24, 2.45) is 5.73 Å². The van der Waals surface area contributed by atoms with Crippen molar-refractivity contribution in [1.82, 2.24) is 4.98 Å². The molecule has 1 rings (SSSR count). The van der Waals surface area contributed by atoms with Gasteiger partial charge in [0.1, 0.15) is 10.8 Å². The monoisotopic (exact) mass is 267 g/mol. The third-order valence-electron chi connectivity index (χ3n) is 1.87. The SMILES string of the molecule is NC(=S)c1ccc(NCC(F)(F)C(F)F)nc1. The Labute approximate surface area is 100 Å². The van der Waals surface area contributed by atoms with E-state index in [4.69, 9.17) is 5.73 Å². The smallest absolute Gasteiger partial charge is 0.324 e. The van der Waals surface area contributed by atoms with Crippen molar-refractivity contribution in [1.29, 1.82) is 0 Å². The maximum absolute atomic E-state index is 12.6. The standard InChI is InChI=1S/C9H9F4N3S/c10-8(11)9(12,13)4-16-6-2-1-5(3-15-6)7(14)17/h1-3,8H,4H2,(H2,14,17)(H,15,16). The van der Waals surface area contributed by atoms with Crippen LogP contribution in [0.15, 0.2) is 18.3 Å². The van der Waals surface area contributed by atoms with Gasteiger partial charge in [-0.2, -0.15) is 8.78 Å². The summed E-state index contributed by atoms with van der Waals surface area (Å²) in [5.74, 6) is -4.05. The van der Waals surface area contributed by atoms with Crippen LogP contribution in [-0.4, -0.2) is 28.9 Å². The molecule has 0 saturated carbocycles. The van der Waals surface area contributed by atoms with Gasteiger partial charge < -0.3 is 11.1 Å². The van der Waals surface area contributed by atoms with Crippen LogP contribution in [0.3, 0.4) is 0 Å². The highest BCUT2D eigenvalue weighted by atomic mass is 32.1. The Balaban J connectivity index is 2.62. The molecule has 94 valence electrons. The molecular formula is C9H9F4N3S. The van der Waals surface area contributed by atoms with Gasteiger partial charge in [0.15, 0.2) is 0 Å². The van der Waals surface area contributed by atoms with E-state index in [9.17, 15) is 17.6 Å². The highest BCUT2D eigenvalue weighted by molar-refractivity contribution is 7.80. The number of hydrogen-bond donors (Lipinski definition) is 2. The molecule has 0 saturated heterocycles. The van der Waals surface area contributed by atoms with E-state index in [1.165, 1.54) is 18.3 Å². The topological polar surface area (TPSA) is 50.9 Å². The summed E-state index contributed by atoms with van der Waals surface area (Å²) in [4.78, 5) is 3.82. The van der Waals surface area contributed by atoms with Gasteiger partial charge in [-0.05, 0) is 12.1 Å². The van der Waals surface area contributed by atoms with Crippen molar-refractivity contribution in [2.75, 3.05) is 11.9 Å². The fourth-order valence-electron chi connectivity index (χ4n) is 0.930. The summed E-state index contributed by atoms with van der Waals surface area (Å²) in [6.07, 6.45) is -2.45. The van der Waals surface area contributed by atoms with E-state index in [2.05, 4.69) is 22.5 Å². The highest BCUT2D eigenvalue weighted by Gasteiger charge is 2.40. The Hall–Kier alpha value is -1.44. The minimum absolute atomic E-state index is 0.0466. The van der Waals surface area contributed by atoms with Crippen LogP contribution >= 0.6 is 12.2 Å². The number of anilines is 1. The predicted molar refractivity (Wildman–Crippen MR) is 59.6 cm³/mol. The first-order chi connectivity index (χ1) is 7.83. The highest BCUT2D eigenvalue weighted by Crippen LogP contribution is 2.22. The molecule has 0 spiro atoms. The number of aromatic nitrogens is 1. The predicted octanol–water partition coefficient (Wildman–Crippen LogP) is 2.03. The first kappa shape index (κ1) is 13.6. The second kappa shape index (κ2) is 5.26. The average molecular weight is 267 g/mol. The molecule has 8 heteroatoms. The van der Waals surface area contributed by atoms with Crippen molar-refractivity contribution in [3.63, 3.8) is 0 Å². The van der Waals surface area contributed by atoms with E-state index >= 15 is 0 Å². The zero-order chi connectivity index (χ0) is 13.1. The fourth-order valence-corrected chi connectivity index (χ4v) is 1.05. The third-order valence-corrected chi connectivity index (χ3v) is 2.11. The average Bonchev–Trinajstić information content (AvgIpc) is 2.27. The molecule has 1 aromatic rings. The van der Waals surface area contributed by atoms with E-state index in [-0.39, 0.29) is 10.8 Å². The molecule has 0 aromatic carbocycles. The van der Waals surface area contributed by atoms with Crippen molar-refractivity contribution in [3.05, 3.63) is 23.9 Å². The summed E-state index contributed by atoms with van der Waals surface area (Å²) >= 11 is 4.66. The lowest BCUT2D eigenvalue weighted by Gasteiger charge is -2.16. The van der Waals surface area contributed by atoms with Gasteiger partial charge >= 0.3 is 12.3 Å². The number of alkyl halides is 4. The number of nitrogens with one attached hydrogen (secondary N) is 1. The number of thiocarbonyl (C=S) groups is 1. The summed E-state index contributed by atoms with van der Waals surface area (Å²) in [7, 11) is 0. The molecule has 17 heavy (non-hydrogen) atoms. The first-order valence-corrected chi connectivity index (χ1v) is 4.89. The van der Waals surface area contributed by atoms with Crippen LogP contribution in [-0.2, 0) is 0 Å². The lowest BCUT2D eigenvalue weighted by Crippen LogP contribution is -2.35. The van der Waals surface area contributed by atoms with Crippen LogP contribution in [0.2, 0.25) is 0 Å². The lowest BCUT2D eigenvalue weighted by molar-refractivity contribution is -0.117. The molecule has 0 radical (unpaired) electrons. The van der Waals surface area contributed by atoms with Crippen molar-refractivity contribution < 1.29 is 17.6 Å². The van der Waals surface area contributed by atoms with Gasteiger partial charge in [0.2, 0.25) is 0 Å². The summed E-state index contributed by atoms with van der Waals surface area (Å²) in [6.45, 7) is -1.19. The number of pyridine rings is 1. The minimum Gasteiger partial charge on any atom is -0.389 e. The second-order valence-electron chi connectivity index (χ2n) is 3.21. The Kier molecular flexibility index (Phi) is 4.22. The summed E-state index contributed by atoms with van der Waals surface area (Å²) in [6, 6.07) is 2.79. The number of nitrogens with two attached hydrogens (primary N) is 1. The molecular weight excluding hydrogens is 258 g/mol. The Morgan fingerprint density at radius 3 is 2.53 bits per heavy atom. The molecule has 0 amide bonds. The number of hydrogen-bond acceptors (Lipinski definition) is 3. The fraction of sp³-hybridized carbons (Fsp3) is 0.333. The minimum atomic E-state index is -4.09. The normalized spacial score (nSPS) is 11.6. The largest absolute Gasteiger partial charge is 0.389 e. The lowest BCUT2D eigenvalue weighted by atomic mass is 10.3. The molecule has 0 atom stereocenters. The van der Waals surface area contributed by atoms with Crippen LogP contribution in [0.25, 0.3) is 0 Å². The Morgan fingerprint density at radius 1 is 1.47 bits per heavy atom. The molecule has 0 aliphatic rings. The molecule has 0 aliphatic carbocycles. The van der Waals surface area contributed by atoms with E-state index in [0.717, 1.165) is 0 Å². The van der Waals surface area contributed by atoms with E-state index in [1.807, 2.05) is 0 Å². The van der Waals surface area contributed by atoms with Gasteiger partial charge in [-0.15, -0.1) is 0 Å².